The van der Waals surface area contributed by atoms with Gasteiger partial charge in [0.15, 0.2) is 5.78 Å². The van der Waals surface area contributed by atoms with Crippen LogP contribution in [0.4, 0.5) is 0 Å². The fraction of sp³-hybridized carbons (Fsp3) is 0.312. The van der Waals surface area contributed by atoms with Gasteiger partial charge in [-0.05, 0) is 37.8 Å². The van der Waals surface area contributed by atoms with Crippen LogP contribution in [0.3, 0.4) is 0 Å². The van der Waals surface area contributed by atoms with Crippen molar-refractivity contribution in [3.8, 4) is 0 Å². The van der Waals surface area contributed by atoms with Crippen molar-refractivity contribution >= 4 is 11.9 Å². The first-order chi connectivity index (χ1) is 8.25. The summed E-state index contributed by atoms with van der Waals surface area (Å²) < 4.78 is 0. The lowest BCUT2D eigenvalue weighted by molar-refractivity contribution is -0.118. The summed E-state index contributed by atoms with van der Waals surface area (Å²) in [6, 6.07) is 8.42. The number of ketones is 1. The van der Waals surface area contributed by atoms with Crippen molar-refractivity contribution in [2.24, 2.45) is 5.92 Å². The smallest absolute Gasteiger partial charge is 0.158 e. The zero-order chi connectivity index (χ0) is 12.1. The number of benzene rings is 1. The van der Waals surface area contributed by atoms with E-state index in [0.29, 0.717) is 0 Å². The van der Waals surface area contributed by atoms with Crippen molar-refractivity contribution < 1.29 is 4.79 Å². The highest BCUT2D eigenvalue weighted by molar-refractivity contribution is 5.92. The van der Waals surface area contributed by atoms with Gasteiger partial charge in [0.05, 0.1) is 0 Å². The Hall–Kier alpha value is -1.63. The minimum absolute atomic E-state index is 0.196. The Morgan fingerprint density at radius 3 is 2.76 bits per heavy atom. The van der Waals surface area contributed by atoms with E-state index >= 15 is 0 Å². The molecule has 0 fully saturated rings. The lowest BCUT2D eigenvalue weighted by atomic mass is 9.90. The highest BCUT2D eigenvalue weighted by Gasteiger charge is 2.16. The van der Waals surface area contributed by atoms with E-state index in [2.05, 4.69) is 43.3 Å². The molecule has 1 aliphatic rings. The fourth-order valence-electron chi connectivity index (χ4n) is 2.06. The van der Waals surface area contributed by atoms with Gasteiger partial charge in [-0.15, -0.1) is 0 Å². The summed E-state index contributed by atoms with van der Waals surface area (Å²) in [5.41, 5.74) is 2.48. The van der Waals surface area contributed by atoms with Gasteiger partial charge < -0.3 is 0 Å². The van der Waals surface area contributed by atoms with Crippen molar-refractivity contribution in [3.63, 3.8) is 0 Å². The summed E-state index contributed by atoms with van der Waals surface area (Å²) in [7, 11) is 0. The minimum Gasteiger partial charge on any atom is -0.295 e. The third-order valence-electron chi connectivity index (χ3n) is 3.17. The number of rotatable bonds is 3. The largest absolute Gasteiger partial charge is 0.295 e. The first kappa shape index (κ1) is 11.8. The highest BCUT2D eigenvalue weighted by atomic mass is 16.1. The number of aryl methyl sites for hydroxylation is 1. The Kier molecular flexibility index (Phi) is 3.92. The monoisotopic (exact) mass is 226 g/mol. The third-order valence-corrected chi connectivity index (χ3v) is 3.17. The molecule has 0 amide bonds. The van der Waals surface area contributed by atoms with Crippen molar-refractivity contribution in [3.05, 3.63) is 53.6 Å². The molecule has 0 bridgehead atoms. The predicted octanol–water partition coefficient (Wildman–Crippen LogP) is 3.93. The molecule has 0 N–H and O–H groups in total. The number of hydrogen-bond donors (Lipinski definition) is 0. The van der Waals surface area contributed by atoms with E-state index in [9.17, 15) is 4.79 Å². The van der Waals surface area contributed by atoms with Gasteiger partial charge in [0.1, 0.15) is 0 Å². The number of carbonyl (C=O) groups excluding carboxylic acids is 1. The molecule has 17 heavy (non-hydrogen) atoms. The van der Waals surface area contributed by atoms with Crippen molar-refractivity contribution in [1.82, 2.24) is 0 Å². The fourth-order valence-corrected chi connectivity index (χ4v) is 2.06. The van der Waals surface area contributed by atoms with Gasteiger partial charge in [0.2, 0.25) is 0 Å². The Labute approximate surface area is 103 Å². The van der Waals surface area contributed by atoms with E-state index in [1.807, 2.05) is 6.08 Å². The topological polar surface area (TPSA) is 17.1 Å². The average Bonchev–Trinajstić information content (AvgIpc) is 2.34. The highest BCUT2D eigenvalue weighted by Crippen LogP contribution is 2.19. The van der Waals surface area contributed by atoms with Gasteiger partial charge in [-0.2, -0.15) is 0 Å². The van der Waals surface area contributed by atoms with Gasteiger partial charge in [0, 0.05) is 5.92 Å². The molecule has 0 spiro atoms. The molecule has 88 valence electrons. The zero-order valence-electron chi connectivity index (χ0n) is 10.2. The summed E-state index contributed by atoms with van der Waals surface area (Å²) in [4.78, 5) is 11.6. The van der Waals surface area contributed by atoms with Crippen LogP contribution in [0, 0.1) is 12.8 Å². The maximum absolute atomic E-state index is 11.6. The van der Waals surface area contributed by atoms with Crippen LogP contribution in [0.1, 0.15) is 30.4 Å². The molecular formula is C16H18O. The average molecular weight is 226 g/mol. The lowest BCUT2D eigenvalue weighted by Gasteiger charge is -2.13. The van der Waals surface area contributed by atoms with E-state index in [4.69, 9.17) is 0 Å². The van der Waals surface area contributed by atoms with Crippen LogP contribution in [0.25, 0.3) is 6.08 Å². The van der Waals surface area contributed by atoms with Crippen molar-refractivity contribution in [2.45, 2.75) is 26.2 Å². The molecule has 0 saturated heterocycles. The SMILES string of the molecule is Cc1ccc(/C=C/CC2CCC=CC2=O)cc1. The minimum atomic E-state index is 0.196. The molecule has 0 heterocycles. The number of allylic oxidation sites excluding steroid dienone is 3. The van der Waals surface area contributed by atoms with Crippen LogP contribution >= 0.6 is 0 Å². The number of hydrogen-bond acceptors (Lipinski definition) is 1. The maximum atomic E-state index is 11.6. The second-order valence-corrected chi connectivity index (χ2v) is 4.63. The Bertz CT molecular complexity index is 437. The van der Waals surface area contributed by atoms with E-state index in [-0.39, 0.29) is 11.7 Å². The number of carbonyl (C=O) groups is 1. The summed E-state index contributed by atoms with van der Waals surface area (Å²) in [6.45, 7) is 2.08. The molecule has 2 rings (SSSR count). The molecule has 0 radical (unpaired) electrons. The van der Waals surface area contributed by atoms with E-state index in [0.717, 1.165) is 19.3 Å². The van der Waals surface area contributed by atoms with Crippen LogP contribution < -0.4 is 0 Å². The van der Waals surface area contributed by atoms with Gasteiger partial charge in [-0.3, -0.25) is 4.79 Å². The molecule has 1 unspecified atom stereocenters. The first-order valence-corrected chi connectivity index (χ1v) is 6.19. The standard InChI is InChI=1S/C16H18O/c1-13-9-11-14(12-10-13)5-4-7-15-6-2-3-8-16(15)17/h3-5,8-12,15H,2,6-7H2,1H3/b5-4+. The van der Waals surface area contributed by atoms with Crippen LogP contribution in [-0.4, -0.2) is 5.78 Å². The normalized spacial score (nSPS) is 20.1. The summed E-state index contributed by atoms with van der Waals surface area (Å²) in [5, 5.41) is 0. The van der Waals surface area contributed by atoms with E-state index in [1.165, 1.54) is 11.1 Å². The van der Waals surface area contributed by atoms with Gasteiger partial charge in [0.25, 0.3) is 0 Å². The lowest BCUT2D eigenvalue weighted by Crippen LogP contribution is -2.13. The van der Waals surface area contributed by atoms with Crippen molar-refractivity contribution in [1.29, 1.82) is 0 Å². The third kappa shape index (κ3) is 3.42. The van der Waals surface area contributed by atoms with Crippen LogP contribution in [0.5, 0.6) is 0 Å². The van der Waals surface area contributed by atoms with Crippen LogP contribution in [0.15, 0.2) is 42.5 Å². The van der Waals surface area contributed by atoms with E-state index < -0.39 is 0 Å². The summed E-state index contributed by atoms with van der Waals surface area (Å²) >= 11 is 0. The summed E-state index contributed by atoms with van der Waals surface area (Å²) in [5.74, 6) is 0.478. The first-order valence-electron chi connectivity index (χ1n) is 6.19. The quantitative estimate of drug-likeness (QED) is 0.763. The molecule has 1 aromatic rings. The van der Waals surface area contributed by atoms with Gasteiger partial charge in [-0.1, -0.05) is 48.1 Å². The predicted molar refractivity (Wildman–Crippen MR) is 71.7 cm³/mol. The molecule has 0 aromatic heterocycles. The Morgan fingerprint density at radius 1 is 1.29 bits per heavy atom. The molecule has 1 heteroatoms. The van der Waals surface area contributed by atoms with Crippen LogP contribution in [0.2, 0.25) is 0 Å². The van der Waals surface area contributed by atoms with E-state index in [1.54, 1.807) is 6.08 Å². The maximum Gasteiger partial charge on any atom is 0.158 e. The Morgan fingerprint density at radius 2 is 2.06 bits per heavy atom. The molecule has 1 atom stereocenters. The van der Waals surface area contributed by atoms with Crippen LogP contribution in [-0.2, 0) is 4.79 Å². The summed E-state index contributed by atoms with van der Waals surface area (Å²) in [6.07, 6.45) is 10.8. The second-order valence-electron chi connectivity index (χ2n) is 4.63. The van der Waals surface area contributed by atoms with Gasteiger partial charge >= 0.3 is 0 Å². The molecule has 0 saturated carbocycles. The second kappa shape index (κ2) is 5.62. The molecule has 1 nitrogen and oxygen atoms in total. The Balaban J connectivity index is 1.91. The molecule has 1 aliphatic carbocycles. The zero-order valence-corrected chi connectivity index (χ0v) is 10.2. The van der Waals surface area contributed by atoms with Crippen molar-refractivity contribution in [2.75, 3.05) is 0 Å². The molecule has 1 aromatic carbocycles. The van der Waals surface area contributed by atoms with Gasteiger partial charge in [-0.25, -0.2) is 0 Å². The molecule has 0 aliphatic heterocycles. The molecular weight excluding hydrogens is 208 g/mol.